The molecule has 0 aromatic heterocycles. The van der Waals surface area contributed by atoms with E-state index < -0.39 is 12.1 Å². The highest BCUT2D eigenvalue weighted by Gasteiger charge is 2.31. The van der Waals surface area contributed by atoms with Gasteiger partial charge in [-0.2, -0.15) is 0 Å². The van der Waals surface area contributed by atoms with Crippen LogP contribution in [-0.2, 0) is 16.0 Å². The lowest BCUT2D eigenvalue weighted by molar-refractivity contribution is -0.138. The van der Waals surface area contributed by atoms with Gasteiger partial charge in [-0.05, 0) is 68.1 Å². The second-order valence-electron chi connectivity index (χ2n) is 8.08. The largest absolute Gasteiger partial charge is 0.481 e. The summed E-state index contributed by atoms with van der Waals surface area (Å²) in [6, 6.07) is 11.7. The molecule has 1 heterocycles. The van der Waals surface area contributed by atoms with E-state index in [2.05, 4.69) is 0 Å². The number of hydrogen-bond donors (Lipinski definition) is 0. The van der Waals surface area contributed by atoms with E-state index in [0.717, 1.165) is 11.1 Å². The Labute approximate surface area is 177 Å². The Hall–Kier alpha value is -2.89. The predicted molar refractivity (Wildman–Crippen MR) is 114 cm³/mol. The molecule has 2 unspecified atom stereocenters. The maximum Gasteiger partial charge on any atom is 0.263 e. The quantitative estimate of drug-likeness (QED) is 0.747. The van der Waals surface area contributed by atoms with Crippen molar-refractivity contribution in [2.24, 2.45) is 0 Å². The van der Waals surface area contributed by atoms with Crippen molar-refractivity contribution in [3.63, 3.8) is 0 Å². The van der Waals surface area contributed by atoms with Crippen molar-refractivity contribution in [3.8, 4) is 5.75 Å². The van der Waals surface area contributed by atoms with E-state index in [1.54, 1.807) is 29.8 Å². The SMILES string of the molecule is CC(=O)N1CCc2ccc(OC(C)C(=O)N(C)C(C)C)cc2C1c1cccc(F)c1. The van der Waals surface area contributed by atoms with Gasteiger partial charge in [-0.25, -0.2) is 4.39 Å². The zero-order valence-electron chi connectivity index (χ0n) is 18.2. The molecule has 0 aliphatic carbocycles. The highest BCUT2D eigenvalue weighted by atomic mass is 19.1. The fourth-order valence-corrected chi connectivity index (χ4v) is 3.84. The molecule has 3 rings (SSSR count). The summed E-state index contributed by atoms with van der Waals surface area (Å²) in [5.41, 5.74) is 2.70. The van der Waals surface area contributed by atoms with Gasteiger partial charge in [0.15, 0.2) is 6.10 Å². The van der Waals surface area contributed by atoms with E-state index in [-0.39, 0.29) is 23.7 Å². The first-order valence-corrected chi connectivity index (χ1v) is 10.3. The summed E-state index contributed by atoms with van der Waals surface area (Å²) in [7, 11) is 1.75. The van der Waals surface area contributed by atoms with Gasteiger partial charge < -0.3 is 14.5 Å². The van der Waals surface area contributed by atoms with Crippen molar-refractivity contribution in [3.05, 3.63) is 65.0 Å². The van der Waals surface area contributed by atoms with E-state index >= 15 is 0 Å². The minimum Gasteiger partial charge on any atom is -0.481 e. The van der Waals surface area contributed by atoms with Gasteiger partial charge in [-0.15, -0.1) is 0 Å². The monoisotopic (exact) mass is 412 g/mol. The number of nitrogens with zero attached hydrogens (tertiary/aromatic N) is 2. The molecule has 6 heteroatoms. The molecule has 0 spiro atoms. The van der Waals surface area contributed by atoms with Gasteiger partial charge in [0.05, 0.1) is 6.04 Å². The summed E-state index contributed by atoms with van der Waals surface area (Å²) >= 11 is 0. The van der Waals surface area contributed by atoms with Crippen LogP contribution in [0.2, 0.25) is 0 Å². The maximum absolute atomic E-state index is 13.9. The van der Waals surface area contributed by atoms with Crippen molar-refractivity contribution in [1.82, 2.24) is 9.80 Å². The van der Waals surface area contributed by atoms with Crippen LogP contribution in [0.5, 0.6) is 5.75 Å². The molecule has 30 heavy (non-hydrogen) atoms. The van der Waals surface area contributed by atoms with Crippen LogP contribution >= 0.6 is 0 Å². The number of fused-ring (bicyclic) bond motifs is 1. The van der Waals surface area contributed by atoms with E-state index in [4.69, 9.17) is 4.74 Å². The predicted octanol–water partition coefficient (Wildman–Crippen LogP) is 3.95. The van der Waals surface area contributed by atoms with Gasteiger partial charge >= 0.3 is 0 Å². The Morgan fingerprint density at radius 1 is 1.17 bits per heavy atom. The standard InChI is InChI=1S/C24H29FN2O3/c1-15(2)26(5)24(29)16(3)30-21-10-9-18-11-12-27(17(4)28)23(22(18)14-21)19-7-6-8-20(25)13-19/h6-10,13-16,23H,11-12H2,1-5H3. The zero-order chi connectivity index (χ0) is 22.0. The number of carbonyl (C=O) groups is 2. The average molecular weight is 413 g/mol. The number of ether oxygens (including phenoxy) is 1. The summed E-state index contributed by atoms with van der Waals surface area (Å²) < 4.78 is 19.9. The first-order valence-electron chi connectivity index (χ1n) is 10.3. The van der Waals surface area contributed by atoms with Gasteiger partial charge in [0.25, 0.3) is 5.91 Å². The van der Waals surface area contributed by atoms with Crippen LogP contribution in [0.1, 0.15) is 50.4 Å². The van der Waals surface area contributed by atoms with Crippen molar-refractivity contribution in [1.29, 1.82) is 0 Å². The summed E-state index contributed by atoms with van der Waals surface area (Å²) in [5, 5.41) is 0. The molecule has 0 radical (unpaired) electrons. The number of rotatable bonds is 5. The summed E-state index contributed by atoms with van der Waals surface area (Å²) in [4.78, 5) is 28.3. The van der Waals surface area contributed by atoms with Crippen LogP contribution < -0.4 is 4.74 Å². The summed E-state index contributed by atoms with van der Waals surface area (Å²) in [6.45, 7) is 7.72. The molecule has 2 aromatic carbocycles. The lowest BCUT2D eigenvalue weighted by Gasteiger charge is -2.37. The molecule has 0 saturated carbocycles. The Bertz CT molecular complexity index is 944. The number of benzene rings is 2. The van der Waals surface area contributed by atoms with E-state index in [1.165, 1.54) is 19.1 Å². The highest BCUT2D eigenvalue weighted by molar-refractivity contribution is 5.81. The van der Waals surface area contributed by atoms with Crippen LogP contribution in [0.3, 0.4) is 0 Å². The van der Waals surface area contributed by atoms with Crippen molar-refractivity contribution < 1.29 is 18.7 Å². The van der Waals surface area contributed by atoms with Crippen molar-refractivity contribution in [2.45, 2.75) is 52.3 Å². The number of amides is 2. The fraction of sp³-hybridized carbons (Fsp3) is 0.417. The molecule has 1 aliphatic rings. The van der Waals surface area contributed by atoms with Crippen LogP contribution in [0.4, 0.5) is 4.39 Å². The van der Waals surface area contributed by atoms with E-state index in [9.17, 15) is 14.0 Å². The molecule has 0 N–H and O–H groups in total. The van der Waals surface area contributed by atoms with Crippen molar-refractivity contribution in [2.75, 3.05) is 13.6 Å². The van der Waals surface area contributed by atoms with Crippen LogP contribution in [-0.4, -0.2) is 47.4 Å². The molecule has 2 aromatic rings. The van der Waals surface area contributed by atoms with Crippen LogP contribution in [0, 0.1) is 5.82 Å². The second-order valence-corrected chi connectivity index (χ2v) is 8.08. The van der Waals surface area contributed by atoms with Crippen LogP contribution in [0.25, 0.3) is 0 Å². The first-order chi connectivity index (χ1) is 14.2. The third-order valence-corrected chi connectivity index (χ3v) is 5.70. The van der Waals surface area contributed by atoms with Gasteiger partial charge in [-0.1, -0.05) is 18.2 Å². The molecule has 2 atom stereocenters. The normalized spacial score (nSPS) is 16.8. The first kappa shape index (κ1) is 21.8. The third-order valence-electron chi connectivity index (χ3n) is 5.70. The molecule has 0 bridgehead atoms. The third kappa shape index (κ3) is 4.48. The van der Waals surface area contributed by atoms with Gasteiger partial charge in [0.1, 0.15) is 11.6 Å². The Kier molecular flexibility index (Phi) is 6.44. The lowest BCUT2D eigenvalue weighted by Crippen LogP contribution is -2.41. The Morgan fingerprint density at radius 3 is 2.53 bits per heavy atom. The Balaban J connectivity index is 1.96. The van der Waals surface area contributed by atoms with Crippen LogP contribution in [0.15, 0.2) is 42.5 Å². The molecule has 5 nitrogen and oxygen atoms in total. The summed E-state index contributed by atoms with van der Waals surface area (Å²) in [6.07, 6.45) is 0.0709. The van der Waals surface area contributed by atoms with E-state index in [1.807, 2.05) is 38.1 Å². The fourth-order valence-electron chi connectivity index (χ4n) is 3.84. The molecule has 160 valence electrons. The van der Waals surface area contributed by atoms with Gasteiger partial charge in [0.2, 0.25) is 5.91 Å². The number of hydrogen-bond acceptors (Lipinski definition) is 3. The number of carbonyl (C=O) groups excluding carboxylic acids is 2. The van der Waals surface area contributed by atoms with Crippen molar-refractivity contribution >= 4 is 11.8 Å². The molecule has 1 aliphatic heterocycles. The molecule has 2 amide bonds. The highest BCUT2D eigenvalue weighted by Crippen LogP contribution is 2.37. The minimum absolute atomic E-state index is 0.0664. The minimum atomic E-state index is -0.643. The smallest absolute Gasteiger partial charge is 0.263 e. The Morgan fingerprint density at radius 2 is 1.90 bits per heavy atom. The van der Waals surface area contributed by atoms with Gasteiger partial charge in [-0.3, -0.25) is 9.59 Å². The maximum atomic E-state index is 13.9. The topological polar surface area (TPSA) is 49.9 Å². The number of likely N-dealkylation sites (N-methyl/N-ethyl adjacent to an activating group) is 1. The average Bonchev–Trinajstić information content (AvgIpc) is 2.71. The van der Waals surface area contributed by atoms with E-state index in [0.29, 0.717) is 24.3 Å². The molecular weight excluding hydrogens is 383 g/mol. The second kappa shape index (κ2) is 8.86. The molecule has 0 fully saturated rings. The molecule has 0 saturated heterocycles. The molecular formula is C24H29FN2O3. The zero-order valence-corrected chi connectivity index (χ0v) is 18.2. The number of halogens is 1. The lowest BCUT2D eigenvalue weighted by atomic mass is 9.88. The summed E-state index contributed by atoms with van der Waals surface area (Å²) in [5.74, 6) is 0.0446. The van der Waals surface area contributed by atoms with Gasteiger partial charge in [0, 0.05) is 26.6 Å².